The Kier molecular flexibility index (Phi) is 4.36. The molecule has 1 aromatic heterocycles. The van der Waals surface area contributed by atoms with E-state index in [0.717, 1.165) is 23.4 Å². The van der Waals surface area contributed by atoms with E-state index in [9.17, 15) is 4.39 Å². The molecule has 0 aliphatic heterocycles. The number of nitrogens with zero attached hydrogens (tertiary/aromatic N) is 2. The largest absolute Gasteiger partial charge is 0.493 e. The number of hydrogen-bond acceptors (Lipinski definition) is 2. The van der Waals surface area contributed by atoms with Crippen LogP contribution in [0.3, 0.4) is 0 Å². The Morgan fingerprint density at radius 2 is 2.22 bits per heavy atom. The zero-order valence-corrected chi connectivity index (χ0v) is 11.7. The summed E-state index contributed by atoms with van der Waals surface area (Å²) in [5, 5.41) is 4.67. The minimum Gasteiger partial charge on any atom is -0.493 e. The van der Waals surface area contributed by atoms with Gasteiger partial charge in [0, 0.05) is 36.3 Å². The predicted molar refractivity (Wildman–Crippen MR) is 71.4 cm³/mol. The number of alkyl halides is 1. The second kappa shape index (κ2) is 6.00. The van der Waals surface area contributed by atoms with Crippen LogP contribution in [0.5, 0.6) is 5.75 Å². The summed E-state index contributed by atoms with van der Waals surface area (Å²) in [6.45, 7) is 0.547. The Balaban J connectivity index is 1.96. The van der Waals surface area contributed by atoms with Gasteiger partial charge in [-0.15, -0.1) is 0 Å². The maximum atomic E-state index is 13.0. The lowest BCUT2D eigenvalue weighted by Gasteiger charge is -2.10. The summed E-state index contributed by atoms with van der Waals surface area (Å²) in [6, 6.07) is 6.51. The third-order valence-corrected chi connectivity index (χ3v) is 3.31. The molecule has 0 fully saturated rings. The van der Waals surface area contributed by atoms with E-state index in [1.54, 1.807) is 12.3 Å². The smallest absolute Gasteiger partial charge is 0.123 e. The van der Waals surface area contributed by atoms with Crippen LogP contribution < -0.4 is 4.74 Å². The van der Waals surface area contributed by atoms with Crippen LogP contribution in [0.2, 0.25) is 0 Å². The normalized spacial score (nSPS) is 10.6. The van der Waals surface area contributed by atoms with Crippen molar-refractivity contribution in [3.8, 4) is 5.75 Å². The molecule has 1 aromatic carbocycles. The second-order valence-electron chi connectivity index (χ2n) is 3.93. The van der Waals surface area contributed by atoms with Crippen LogP contribution in [-0.4, -0.2) is 16.4 Å². The van der Waals surface area contributed by atoms with E-state index in [4.69, 9.17) is 4.74 Å². The molecule has 0 aliphatic carbocycles. The Morgan fingerprint density at radius 3 is 2.89 bits per heavy atom. The van der Waals surface area contributed by atoms with E-state index in [0.29, 0.717) is 11.9 Å². The number of aryl methyl sites for hydroxylation is 1. The van der Waals surface area contributed by atoms with Crippen LogP contribution in [0, 0.1) is 5.82 Å². The van der Waals surface area contributed by atoms with Crippen LogP contribution in [-0.2, 0) is 18.8 Å². The maximum absolute atomic E-state index is 13.0. The first-order chi connectivity index (χ1) is 8.70. The van der Waals surface area contributed by atoms with Gasteiger partial charge >= 0.3 is 0 Å². The number of halogens is 2. The van der Waals surface area contributed by atoms with E-state index in [2.05, 4.69) is 21.0 Å². The molecule has 0 saturated heterocycles. The van der Waals surface area contributed by atoms with Gasteiger partial charge in [-0.1, -0.05) is 15.9 Å². The van der Waals surface area contributed by atoms with E-state index < -0.39 is 0 Å². The lowest BCUT2D eigenvalue weighted by atomic mass is 10.2. The molecule has 2 rings (SSSR count). The van der Waals surface area contributed by atoms with Crippen LogP contribution in [0.4, 0.5) is 4.39 Å². The molecule has 2 aromatic rings. The van der Waals surface area contributed by atoms with Gasteiger partial charge in [-0.25, -0.2) is 4.39 Å². The van der Waals surface area contributed by atoms with E-state index in [1.165, 1.54) is 12.1 Å². The number of aromatic nitrogens is 2. The Bertz CT molecular complexity index is 527. The lowest BCUT2D eigenvalue weighted by molar-refractivity contribution is 0.315. The first-order valence-electron chi connectivity index (χ1n) is 5.65. The molecule has 0 unspecified atom stereocenters. The molecule has 0 bridgehead atoms. The summed E-state index contributed by atoms with van der Waals surface area (Å²) in [6.07, 6.45) is 2.53. The zero-order valence-electron chi connectivity index (χ0n) is 10.1. The third kappa shape index (κ3) is 3.10. The van der Waals surface area contributed by atoms with Gasteiger partial charge in [-0.2, -0.15) is 5.10 Å². The standard InChI is InChI=1S/C13H14BrFN2O/c1-17-12(4-6-16-17)5-7-18-13-3-2-11(15)8-10(13)9-14/h2-4,6,8H,5,7,9H2,1H3. The highest BCUT2D eigenvalue weighted by Crippen LogP contribution is 2.22. The van der Waals surface area contributed by atoms with Gasteiger partial charge in [-0.3, -0.25) is 4.68 Å². The average Bonchev–Trinajstić information content (AvgIpc) is 2.77. The van der Waals surface area contributed by atoms with Gasteiger partial charge in [0.05, 0.1) is 6.61 Å². The molecule has 0 spiro atoms. The van der Waals surface area contributed by atoms with Crippen molar-refractivity contribution in [1.82, 2.24) is 9.78 Å². The zero-order chi connectivity index (χ0) is 13.0. The number of rotatable bonds is 5. The van der Waals surface area contributed by atoms with Crippen molar-refractivity contribution in [2.45, 2.75) is 11.8 Å². The van der Waals surface area contributed by atoms with Gasteiger partial charge in [0.2, 0.25) is 0 Å². The highest BCUT2D eigenvalue weighted by Gasteiger charge is 2.05. The molecule has 0 N–H and O–H groups in total. The van der Waals surface area contributed by atoms with Crippen molar-refractivity contribution in [1.29, 1.82) is 0 Å². The van der Waals surface area contributed by atoms with Crippen molar-refractivity contribution in [3.05, 3.63) is 47.5 Å². The molecule has 0 saturated carbocycles. The second-order valence-corrected chi connectivity index (χ2v) is 4.49. The molecule has 1 heterocycles. The van der Waals surface area contributed by atoms with Crippen LogP contribution in [0.15, 0.2) is 30.5 Å². The van der Waals surface area contributed by atoms with Crippen LogP contribution in [0.1, 0.15) is 11.3 Å². The topological polar surface area (TPSA) is 27.1 Å². The van der Waals surface area contributed by atoms with Crippen molar-refractivity contribution in [3.63, 3.8) is 0 Å². The minimum atomic E-state index is -0.247. The molecular formula is C13H14BrFN2O. The fraction of sp³-hybridized carbons (Fsp3) is 0.308. The molecular weight excluding hydrogens is 299 g/mol. The quantitative estimate of drug-likeness (QED) is 0.793. The van der Waals surface area contributed by atoms with Gasteiger partial charge in [0.15, 0.2) is 0 Å². The molecule has 3 nitrogen and oxygen atoms in total. The molecule has 0 aliphatic rings. The lowest BCUT2D eigenvalue weighted by Crippen LogP contribution is -2.07. The number of ether oxygens (including phenoxy) is 1. The van der Waals surface area contributed by atoms with Crippen molar-refractivity contribution >= 4 is 15.9 Å². The summed E-state index contributed by atoms with van der Waals surface area (Å²) >= 11 is 3.32. The minimum absolute atomic E-state index is 0.247. The van der Waals surface area contributed by atoms with Gasteiger partial charge < -0.3 is 4.74 Å². The summed E-state index contributed by atoms with van der Waals surface area (Å²) < 4.78 is 20.5. The molecule has 18 heavy (non-hydrogen) atoms. The molecule has 0 atom stereocenters. The summed E-state index contributed by atoms with van der Waals surface area (Å²) in [5.74, 6) is 0.471. The highest BCUT2D eigenvalue weighted by atomic mass is 79.9. The van der Waals surface area contributed by atoms with Gasteiger partial charge in [-0.05, 0) is 24.3 Å². The van der Waals surface area contributed by atoms with Crippen molar-refractivity contribution < 1.29 is 9.13 Å². The van der Waals surface area contributed by atoms with Crippen LogP contribution >= 0.6 is 15.9 Å². The molecule has 0 radical (unpaired) electrons. The van der Waals surface area contributed by atoms with E-state index >= 15 is 0 Å². The molecule has 96 valence electrons. The first kappa shape index (κ1) is 13.1. The maximum Gasteiger partial charge on any atom is 0.123 e. The highest BCUT2D eigenvalue weighted by molar-refractivity contribution is 9.08. The molecule has 5 heteroatoms. The Labute approximate surface area is 114 Å². The summed E-state index contributed by atoms with van der Waals surface area (Å²) in [4.78, 5) is 0. The van der Waals surface area contributed by atoms with Gasteiger partial charge in [0.25, 0.3) is 0 Å². The monoisotopic (exact) mass is 312 g/mol. The number of benzene rings is 1. The fourth-order valence-electron chi connectivity index (χ4n) is 1.71. The van der Waals surface area contributed by atoms with Crippen molar-refractivity contribution in [2.24, 2.45) is 7.05 Å². The SMILES string of the molecule is Cn1nccc1CCOc1ccc(F)cc1CBr. The van der Waals surface area contributed by atoms with E-state index in [-0.39, 0.29) is 5.82 Å². The molecule has 0 amide bonds. The summed E-state index contributed by atoms with van der Waals surface area (Å²) in [5.41, 5.74) is 1.93. The Morgan fingerprint density at radius 1 is 1.39 bits per heavy atom. The predicted octanol–water partition coefficient (Wildman–Crippen LogP) is 3.08. The average molecular weight is 313 g/mol. The van der Waals surface area contributed by atoms with Crippen molar-refractivity contribution in [2.75, 3.05) is 6.61 Å². The van der Waals surface area contributed by atoms with E-state index in [1.807, 2.05) is 17.8 Å². The van der Waals surface area contributed by atoms with Gasteiger partial charge in [0.1, 0.15) is 11.6 Å². The number of hydrogen-bond donors (Lipinski definition) is 0. The fourth-order valence-corrected chi connectivity index (χ4v) is 2.14. The first-order valence-corrected chi connectivity index (χ1v) is 6.77. The van der Waals surface area contributed by atoms with Crippen LogP contribution in [0.25, 0.3) is 0 Å². The third-order valence-electron chi connectivity index (χ3n) is 2.70. The Hall–Kier alpha value is -1.36. The summed E-state index contributed by atoms with van der Waals surface area (Å²) in [7, 11) is 1.90.